The molecule has 8 heteroatoms. The number of benzene rings is 2. The van der Waals surface area contributed by atoms with Crippen molar-refractivity contribution in [3.05, 3.63) is 58.1 Å². The van der Waals surface area contributed by atoms with E-state index in [4.69, 9.17) is 32.7 Å². The van der Waals surface area contributed by atoms with Crippen LogP contribution < -0.4 is 10.1 Å². The van der Waals surface area contributed by atoms with Gasteiger partial charge < -0.3 is 19.7 Å². The number of likely N-dealkylation sites (N-methyl/N-ethyl adjacent to an activating group) is 1. The smallest absolute Gasteiger partial charge is 0.254 e. The van der Waals surface area contributed by atoms with E-state index < -0.39 is 5.91 Å². The summed E-state index contributed by atoms with van der Waals surface area (Å²) in [6, 6.07) is 11.8. The first kappa shape index (κ1) is 21.4. The average molecular weight is 437 g/mol. The second-order valence-electron chi connectivity index (χ2n) is 6.78. The van der Waals surface area contributed by atoms with Crippen LogP contribution in [0.25, 0.3) is 0 Å². The van der Waals surface area contributed by atoms with Gasteiger partial charge in [-0.25, -0.2) is 0 Å². The van der Waals surface area contributed by atoms with Crippen molar-refractivity contribution in [2.75, 3.05) is 32.1 Å². The number of carbonyl (C=O) groups excluding carboxylic acids is 2. The number of amides is 2. The van der Waals surface area contributed by atoms with Crippen LogP contribution >= 0.6 is 23.2 Å². The lowest BCUT2D eigenvalue weighted by Crippen LogP contribution is -2.35. The molecule has 3 rings (SSSR count). The van der Waals surface area contributed by atoms with Gasteiger partial charge in [0.15, 0.2) is 0 Å². The van der Waals surface area contributed by atoms with Crippen molar-refractivity contribution < 1.29 is 19.1 Å². The number of rotatable bonds is 7. The van der Waals surface area contributed by atoms with Gasteiger partial charge in [-0.2, -0.15) is 0 Å². The van der Waals surface area contributed by atoms with E-state index in [1.807, 2.05) is 0 Å². The predicted molar refractivity (Wildman–Crippen MR) is 113 cm³/mol. The predicted octanol–water partition coefficient (Wildman–Crippen LogP) is 4.26. The van der Waals surface area contributed by atoms with Crippen LogP contribution in [0.1, 0.15) is 23.2 Å². The standard InChI is InChI=1S/C21H22Cl2N2O4/c1-25(12-19(26)24-20-17(22)8-3-9-18(20)23)21(27)14-5-2-6-15(11-14)29-13-16-7-4-10-28-16/h2-3,5-6,8-9,11,16H,4,7,10,12-13H2,1H3,(H,24,26)/t16-/m0/s1. The molecule has 1 aliphatic heterocycles. The van der Waals surface area contributed by atoms with Gasteiger partial charge in [0.05, 0.1) is 28.4 Å². The third-order valence-corrected chi connectivity index (χ3v) is 5.13. The number of nitrogens with zero attached hydrogens (tertiary/aromatic N) is 1. The maximum absolute atomic E-state index is 12.7. The Morgan fingerprint density at radius 1 is 1.21 bits per heavy atom. The lowest BCUT2D eigenvalue weighted by Gasteiger charge is -2.18. The van der Waals surface area contributed by atoms with E-state index in [0.29, 0.717) is 33.7 Å². The molecule has 1 fully saturated rings. The lowest BCUT2D eigenvalue weighted by molar-refractivity contribution is -0.116. The largest absolute Gasteiger partial charge is 0.491 e. The number of nitrogens with one attached hydrogen (secondary N) is 1. The molecule has 0 saturated carbocycles. The summed E-state index contributed by atoms with van der Waals surface area (Å²) >= 11 is 12.1. The molecule has 0 aliphatic carbocycles. The zero-order valence-electron chi connectivity index (χ0n) is 16.0. The average Bonchev–Trinajstić information content (AvgIpc) is 3.22. The van der Waals surface area contributed by atoms with Gasteiger partial charge in [0, 0.05) is 19.2 Å². The molecule has 0 aromatic heterocycles. The molecule has 0 spiro atoms. The molecular weight excluding hydrogens is 415 g/mol. The maximum Gasteiger partial charge on any atom is 0.254 e. The highest BCUT2D eigenvalue weighted by Crippen LogP contribution is 2.29. The summed E-state index contributed by atoms with van der Waals surface area (Å²) in [5, 5.41) is 3.30. The Morgan fingerprint density at radius 2 is 1.93 bits per heavy atom. The van der Waals surface area contributed by atoms with Crippen LogP contribution in [0.2, 0.25) is 10.0 Å². The SMILES string of the molecule is CN(CC(=O)Nc1c(Cl)cccc1Cl)C(=O)c1cccc(OC[C@@H]2CCCO2)c1. The third kappa shape index (κ3) is 5.85. The summed E-state index contributed by atoms with van der Waals surface area (Å²) in [5.74, 6) is -0.110. The van der Waals surface area contributed by atoms with E-state index in [1.165, 1.54) is 4.90 Å². The highest BCUT2D eigenvalue weighted by Gasteiger charge is 2.19. The van der Waals surface area contributed by atoms with Crippen molar-refractivity contribution in [3.8, 4) is 5.75 Å². The molecule has 6 nitrogen and oxygen atoms in total. The number of halogens is 2. The molecular formula is C21H22Cl2N2O4. The molecule has 1 aliphatic rings. The van der Waals surface area contributed by atoms with Crippen LogP contribution in [0, 0.1) is 0 Å². The molecule has 154 valence electrons. The molecule has 1 N–H and O–H groups in total. The van der Waals surface area contributed by atoms with Crippen LogP contribution in [0.5, 0.6) is 5.75 Å². The van der Waals surface area contributed by atoms with Gasteiger partial charge >= 0.3 is 0 Å². The van der Waals surface area contributed by atoms with Crippen molar-refractivity contribution in [1.29, 1.82) is 0 Å². The van der Waals surface area contributed by atoms with Crippen LogP contribution in [0.15, 0.2) is 42.5 Å². The number of ether oxygens (including phenoxy) is 2. The number of hydrogen-bond donors (Lipinski definition) is 1. The minimum Gasteiger partial charge on any atom is -0.491 e. The van der Waals surface area contributed by atoms with Crippen LogP contribution in [-0.4, -0.2) is 49.6 Å². The Labute approximate surface area is 179 Å². The molecule has 0 bridgehead atoms. The summed E-state index contributed by atoms with van der Waals surface area (Å²) < 4.78 is 11.3. The van der Waals surface area contributed by atoms with Crippen LogP contribution in [0.3, 0.4) is 0 Å². The summed E-state index contributed by atoms with van der Waals surface area (Å²) in [6.07, 6.45) is 2.11. The second-order valence-corrected chi connectivity index (χ2v) is 7.59. The Bertz CT molecular complexity index is 864. The maximum atomic E-state index is 12.7. The monoisotopic (exact) mass is 436 g/mol. The Kier molecular flexibility index (Phi) is 7.36. The quantitative estimate of drug-likeness (QED) is 0.703. The first-order chi connectivity index (χ1) is 13.9. The van der Waals surface area contributed by atoms with E-state index in [9.17, 15) is 9.59 Å². The number of anilines is 1. The molecule has 2 aromatic carbocycles. The summed E-state index contributed by atoms with van der Waals surface area (Å²) in [4.78, 5) is 26.3. The fourth-order valence-corrected chi connectivity index (χ4v) is 3.48. The van der Waals surface area contributed by atoms with Gasteiger partial charge in [0.25, 0.3) is 5.91 Å². The lowest BCUT2D eigenvalue weighted by atomic mass is 10.2. The molecule has 1 atom stereocenters. The zero-order chi connectivity index (χ0) is 20.8. The molecule has 2 amide bonds. The number of hydrogen-bond acceptors (Lipinski definition) is 4. The number of carbonyl (C=O) groups is 2. The topological polar surface area (TPSA) is 67.9 Å². The van der Waals surface area contributed by atoms with Gasteiger partial charge in [-0.05, 0) is 43.2 Å². The van der Waals surface area contributed by atoms with Crippen molar-refractivity contribution in [2.24, 2.45) is 0 Å². The van der Waals surface area contributed by atoms with Gasteiger partial charge in [-0.3, -0.25) is 9.59 Å². The van der Waals surface area contributed by atoms with Crippen molar-refractivity contribution in [1.82, 2.24) is 4.90 Å². The van der Waals surface area contributed by atoms with Gasteiger partial charge in [-0.15, -0.1) is 0 Å². The molecule has 29 heavy (non-hydrogen) atoms. The van der Waals surface area contributed by atoms with E-state index in [1.54, 1.807) is 49.5 Å². The fraction of sp³-hybridized carbons (Fsp3) is 0.333. The van der Waals surface area contributed by atoms with E-state index in [2.05, 4.69) is 5.32 Å². The van der Waals surface area contributed by atoms with Crippen LogP contribution in [-0.2, 0) is 9.53 Å². The highest BCUT2D eigenvalue weighted by molar-refractivity contribution is 6.39. The van der Waals surface area contributed by atoms with Crippen molar-refractivity contribution >= 4 is 40.7 Å². The minimum atomic E-state index is -0.401. The highest BCUT2D eigenvalue weighted by atomic mass is 35.5. The first-order valence-corrected chi connectivity index (χ1v) is 10.0. The molecule has 2 aromatic rings. The fourth-order valence-electron chi connectivity index (χ4n) is 2.99. The number of para-hydroxylation sites is 1. The first-order valence-electron chi connectivity index (χ1n) is 9.28. The summed E-state index contributed by atoms with van der Waals surface area (Å²) in [5.41, 5.74) is 0.757. The molecule has 0 unspecified atom stereocenters. The zero-order valence-corrected chi connectivity index (χ0v) is 17.5. The summed E-state index contributed by atoms with van der Waals surface area (Å²) in [6.45, 7) is 1.06. The van der Waals surface area contributed by atoms with Gasteiger partial charge in [0.1, 0.15) is 12.4 Å². The normalized spacial score (nSPS) is 15.8. The van der Waals surface area contributed by atoms with Crippen molar-refractivity contribution in [2.45, 2.75) is 18.9 Å². The molecule has 1 saturated heterocycles. The third-order valence-electron chi connectivity index (χ3n) is 4.50. The van der Waals surface area contributed by atoms with E-state index >= 15 is 0 Å². The Hall–Kier alpha value is -2.28. The summed E-state index contributed by atoms with van der Waals surface area (Å²) in [7, 11) is 1.55. The Morgan fingerprint density at radius 3 is 2.62 bits per heavy atom. The van der Waals surface area contributed by atoms with E-state index in [0.717, 1.165) is 19.4 Å². The minimum absolute atomic E-state index is 0.0948. The van der Waals surface area contributed by atoms with Gasteiger partial charge in [-0.1, -0.05) is 35.3 Å². The molecule has 1 heterocycles. The molecule has 0 radical (unpaired) electrons. The second kappa shape index (κ2) is 9.96. The van der Waals surface area contributed by atoms with Crippen molar-refractivity contribution in [3.63, 3.8) is 0 Å². The Balaban J connectivity index is 1.57. The van der Waals surface area contributed by atoms with Crippen LogP contribution in [0.4, 0.5) is 5.69 Å². The van der Waals surface area contributed by atoms with Gasteiger partial charge in [0.2, 0.25) is 5.91 Å². The van der Waals surface area contributed by atoms with E-state index in [-0.39, 0.29) is 18.6 Å².